The van der Waals surface area contributed by atoms with Crippen molar-refractivity contribution in [2.75, 3.05) is 26.2 Å². The number of rotatable bonds is 8. The molecule has 5 heteroatoms. The van der Waals surface area contributed by atoms with Crippen molar-refractivity contribution in [3.8, 4) is 5.75 Å². The van der Waals surface area contributed by atoms with Crippen LogP contribution in [-0.4, -0.2) is 48.2 Å². The van der Waals surface area contributed by atoms with Crippen LogP contribution in [0.15, 0.2) is 60.7 Å². The van der Waals surface area contributed by atoms with E-state index in [2.05, 4.69) is 10.2 Å². The largest absolute Gasteiger partial charge is 0.492 e. The molecule has 1 heterocycles. The highest BCUT2D eigenvalue weighted by atomic mass is 16.5. The summed E-state index contributed by atoms with van der Waals surface area (Å²) in [4.78, 5) is 15.8. The van der Waals surface area contributed by atoms with Gasteiger partial charge in [-0.05, 0) is 42.4 Å². The lowest BCUT2D eigenvalue weighted by molar-refractivity contribution is -0.147. The van der Waals surface area contributed by atoms with Gasteiger partial charge < -0.3 is 15.2 Å². The van der Waals surface area contributed by atoms with Crippen LogP contribution in [0.3, 0.4) is 0 Å². The zero-order chi connectivity index (χ0) is 21.3. The maximum Gasteiger partial charge on any atom is 0.257 e. The Morgan fingerprint density at radius 2 is 1.61 bits per heavy atom. The molecule has 3 atom stereocenters. The Kier molecular flexibility index (Phi) is 5.72. The molecule has 2 N–H and O–H groups in total. The summed E-state index contributed by atoms with van der Waals surface area (Å²) in [6, 6.07) is 19.6. The van der Waals surface area contributed by atoms with E-state index >= 15 is 0 Å². The first-order chi connectivity index (χ1) is 15.2. The number of amides is 1. The van der Waals surface area contributed by atoms with E-state index in [9.17, 15) is 9.90 Å². The molecule has 1 saturated heterocycles. The molecule has 0 bridgehead atoms. The van der Waals surface area contributed by atoms with Crippen molar-refractivity contribution in [2.24, 2.45) is 17.8 Å². The molecule has 164 valence electrons. The Labute approximate surface area is 184 Å². The van der Waals surface area contributed by atoms with Crippen LogP contribution in [0.25, 0.3) is 0 Å². The van der Waals surface area contributed by atoms with Crippen LogP contribution < -0.4 is 10.1 Å². The average Bonchev–Trinajstić information content (AvgIpc) is 3.22. The van der Waals surface area contributed by atoms with Crippen LogP contribution in [0, 0.1) is 17.8 Å². The van der Waals surface area contributed by atoms with Gasteiger partial charge in [-0.2, -0.15) is 0 Å². The number of aliphatic hydroxyl groups is 1. The van der Waals surface area contributed by atoms with Crippen LogP contribution in [0.2, 0.25) is 0 Å². The van der Waals surface area contributed by atoms with E-state index in [4.69, 9.17) is 4.74 Å². The van der Waals surface area contributed by atoms with Gasteiger partial charge in [0.05, 0.1) is 0 Å². The van der Waals surface area contributed by atoms with Crippen molar-refractivity contribution >= 4 is 5.91 Å². The molecule has 31 heavy (non-hydrogen) atoms. The van der Waals surface area contributed by atoms with Gasteiger partial charge in [0.15, 0.2) is 5.60 Å². The highest BCUT2D eigenvalue weighted by Gasteiger charge is 2.58. The van der Waals surface area contributed by atoms with Gasteiger partial charge in [0, 0.05) is 31.6 Å². The first-order valence-corrected chi connectivity index (χ1v) is 11.7. The molecular weight excluding hydrogens is 388 g/mol. The molecule has 2 aromatic carbocycles. The van der Waals surface area contributed by atoms with Crippen molar-refractivity contribution in [2.45, 2.75) is 37.3 Å². The molecule has 0 radical (unpaired) electrons. The lowest BCUT2D eigenvalue weighted by Crippen LogP contribution is -2.51. The van der Waals surface area contributed by atoms with E-state index in [1.165, 1.54) is 0 Å². The van der Waals surface area contributed by atoms with E-state index < -0.39 is 5.60 Å². The molecule has 3 fully saturated rings. The third-order valence-corrected chi connectivity index (χ3v) is 7.49. The second kappa shape index (κ2) is 8.64. The number of nitrogens with one attached hydrogen (secondary N) is 1. The van der Waals surface area contributed by atoms with Gasteiger partial charge in [-0.25, -0.2) is 0 Å². The average molecular weight is 421 g/mol. The van der Waals surface area contributed by atoms with Gasteiger partial charge >= 0.3 is 0 Å². The van der Waals surface area contributed by atoms with Crippen molar-refractivity contribution < 1.29 is 14.6 Å². The first-order valence-electron chi connectivity index (χ1n) is 11.7. The fourth-order valence-corrected chi connectivity index (χ4v) is 5.67. The SMILES string of the molecule is O=C(NC1C2CN(CCOc3ccccc3)CC21)C(O)(c1ccccc1)C1CCCC1. The van der Waals surface area contributed by atoms with Gasteiger partial charge in [0.25, 0.3) is 5.91 Å². The fraction of sp³-hybridized carbons (Fsp3) is 0.500. The Balaban J connectivity index is 1.15. The summed E-state index contributed by atoms with van der Waals surface area (Å²) in [6.07, 6.45) is 3.99. The zero-order valence-corrected chi connectivity index (χ0v) is 18.0. The Bertz CT molecular complexity index is 872. The fourth-order valence-electron chi connectivity index (χ4n) is 5.67. The van der Waals surface area contributed by atoms with Crippen molar-refractivity contribution in [1.82, 2.24) is 10.2 Å². The normalized spacial score (nSPS) is 27.5. The highest BCUT2D eigenvalue weighted by molar-refractivity contribution is 5.87. The summed E-state index contributed by atoms with van der Waals surface area (Å²) in [5, 5.41) is 14.9. The monoisotopic (exact) mass is 420 g/mol. The number of hydrogen-bond donors (Lipinski definition) is 2. The third kappa shape index (κ3) is 4.09. The van der Waals surface area contributed by atoms with E-state index in [1.54, 1.807) is 0 Å². The first kappa shape index (κ1) is 20.5. The van der Waals surface area contributed by atoms with Crippen molar-refractivity contribution in [1.29, 1.82) is 0 Å². The molecule has 0 spiro atoms. The van der Waals surface area contributed by atoms with Gasteiger partial charge in [-0.3, -0.25) is 9.69 Å². The minimum Gasteiger partial charge on any atom is -0.492 e. The summed E-state index contributed by atoms with van der Waals surface area (Å²) in [6.45, 7) is 3.55. The number of hydrogen-bond acceptors (Lipinski definition) is 4. The zero-order valence-electron chi connectivity index (χ0n) is 18.0. The van der Waals surface area contributed by atoms with Crippen molar-refractivity contribution in [3.63, 3.8) is 0 Å². The van der Waals surface area contributed by atoms with Gasteiger partial charge in [-0.15, -0.1) is 0 Å². The minimum absolute atomic E-state index is 0.000115. The summed E-state index contributed by atoms with van der Waals surface area (Å²) >= 11 is 0. The number of piperidine rings is 1. The van der Waals surface area contributed by atoms with Crippen molar-refractivity contribution in [3.05, 3.63) is 66.2 Å². The van der Waals surface area contributed by atoms with Gasteiger partial charge in [-0.1, -0.05) is 61.4 Å². The lowest BCUT2D eigenvalue weighted by atomic mass is 9.79. The molecule has 3 unspecified atom stereocenters. The molecule has 2 aromatic rings. The molecule has 5 rings (SSSR count). The topological polar surface area (TPSA) is 61.8 Å². The standard InChI is InChI=1S/C26H32N2O3/c29-25(26(30,20-11-7-8-12-20)19-9-3-1-4-10-19)27-24-22-17-28(18-23(22)24)15-16-31-21-13-5-2-6-14-21/h1-6,9-10,13-14,20,22-24,30H,7-8,11-12,15-18H2,(H,27,29). The number of carbonyl (C=O) groups is 1. The van der Waals surface area contributed by atoms with Crippen LogP contribution >= 0.6 is 0 Å². The van der Waals surface area contributed by atoms with Crippen LogP contribution in [0.4, 0.5) is 0 Å². The van der Waals surface area contributed by atoms with E-state index in [0.717, 1.165) is 56.6 Å². The number of carbonyl (C=O) groups excluding carboxylic acids is 1. The quantitative estimate of drug-likeness (QED) is 0.689. The number of nitrogens with zero attached hydrogens (tertiary/aromatic N) is 1. The Hall–Kier alpha value is -2.37. The third-order valence-electron chi connectivity index (χ3n) is 7.49. The molecule has 2 saturated carbocycles. The Morgan fingerprint density at radius 3 is 2.26 bits per heavy atom. The highest BCUT2D eigenvalue weighted by Crippen LogP contribution is 2.47. The van der Waals surface area contributed by atoms with E-state index in [1.807, 2.05) is 60.7 Å². The molecular formula is C26H32N2O3. The van der Waals surface area contributed by atoms with Crippen LogP contribution in [0.1, 0.15) is 31.2 Å². The minimum atomic E-state index is -1.42. The Morgan fingerprint density at radius 1 is 1.00 bits per heavy atom. The number of likely N-dealkylation sites (tertiary alicyclic amines) is 1. The molecule has 2 aliphatic carbocycles. The van der Waals surface area contributed by atoms with E-state index in [-0.39, 0.29) is 17.9 Å². The number of para-hydroxylation sites is 1. The van der Waals surface area contributed by atoms with Crippen LogP contribution in [0.5, 0.6) is 5.75 Å². The molecule has 1 aliphatic heterocycles. The smallest absolute Gasteiger partial charge is 0.257 e. The summed E-state index contributed by atoms with van der Waals surface area (Å²) in [7, 11) is 0. The summed E-state index contributed by atoms with van der Waals surface area (Å²) in [5.41, 5.74) is -0.692. The second-order valence-corrected chi connectivity index (χ2v) is 9.36. The second-order valence-electron chi connectivity index (χ2n) is 9.36. The molecule has 0 aromatic heterocycles. The summed E-state index contributed by atoms with van der Waals surface area (Å²) < 4.78 is 5.82. The summed E-state index contributed by atoms with van der Waals surface area (Å²) in [5.74, 6) is 1.68. The molecule has 3 aliphatic rings. The number of ether oxygens (including phenoxy) is 1. The number of benzene rings is 2. The predicted octanol–water partition coefficient (Wildman–Crippen LogP) is 3.19. The van der Waals surface area contributed by atoms with Gasteiger partial charge in [0.2, 0.25) is 0 Å². The maximum atomic E-state index is 13.3. The lowest BCUT2D eigenvalue weighted by Gasteiger charge is -2.33. The van der Waals surface area contributed by atoms with Gasteiger partial charge in [0.1, 0.15) is 12.4 Å². The maximum absolute atomic E-state index is 13.3. The predicted molar refractivity (Wildman–Crippen MR) is 120 cm³/mol. The molecule has 5 nitrogen and oxygen atoms in total. The van der Waals surface area contributed by atoms with Crippen LogP contribution in [-0.2, 0) is 10.4 Å². The van der Waals surface area contributed by atoms with E-state index in [0.29, 0.717) is 18.4 Å². The molecule has 1 amide bonds. The number of fused-ring (bicyclic) bond motifs is 1.